The Kier molecular flexibility index (Phi) is 6.04. The quantitative estimate of drug-likeness (QED) is 0.807. The van der Waals surface area contributed by atoms with E-state index < -0.39 is 10.0 Å². The Morgan fingerprint density at radius 3 is 2.65 bits per heavy atom. The van der Waals surface area contributed by atoms with Crippen LogP contribution in [-0.4, -0.2) is 66.9 Å². The molecule has 3 rings (SSSR count). The third-order valence-electron chi connectivity index (χ3n) is 5.35. The van der Waals surface area contributed by atoms with Crippen molar-refractivity contribution in [3.63, 3.8) is 0 Å². The van der Waals surface area contributed by atoms with Crippen LogP contribution < -0.4 is 5.32 Å². The first-order valence-corrected chi connectivity index (χ1v) is 11.1. The molecule has 26 heavy (non-hydrogen) atoms. The summed E-state index contributed by atoms with van der Waals surface area (Å²) in [5.41, 5.74) is 0.445. The SMILES string of the molecule is CCCN(C(=O)c1cc(S(=O)(=O)N2CCCCC2)cn1C)C1CCNC1. The molecule has 2 aliphatic heterocycles. The maximum atomic E-state index is 13.1. The topological polar surface area (TPSA) is 74.7 Å². The second-order valence-corrected chi connectivity index (χ2v) is 9.22. The first-order valence-electron chi connectivity index (χ1n) is 9.63. The Bertz CT molecular complexity index is 732. The maximum Gasteiger partial charge on any atom is 0.270 e. The summed E-state index contributed by atoms with van der Waals surface area (Å²) in [7, 11) is -1.78. The minimum absolute atomic E-state index is 0.0804. The van der Waals surface area contributed by atoms with Crippen LogP contribution in [0.4, 0.5) is 0 Å². The molecule has 2 fully saturated rings. The predicted octanol–water partition coefficient (Wildman–Crippen LogP) is 1.41. The molecule has 1 aromatic heterocycles. The summed E-state index contributed by atoms with van der Waals surface area (Å²) in [6.45, 7) is 5.59. The van der Waals surface area contributed by atoms with Gasteiger partial charge >= 0.3 is 0 Å². The van der Waals surface area contributed by atoms with Gasteiger partial charge in [-0.15, -0.1) is 0 Å². The van der Waals surface area contributed by atoms with E-state index >= 15 is 0 Å². The smallest absolute Gasteiger partial charge is 0.270 e. The van der Waals surface area contributed by atoms with Gasteiger partial charge in [0.05, 0.1) is 0 Å². The number of aromatic nitrogens is 1. The van der Waals surface area contributed by atoms with Crippen molar-refractivity contribution in [1.29, 1.82) is 0 Å². The number of hydrogen-bond acceptors (Lipinski definition) is 4. The highest BCUT2D eigenvalue weighted by Gasteiger charge is 2.31. The number of carbonyl (C=O) groups is 1. The molecule has 0 aliphatic carbocycles. The van der Waals surface area contributed by atoms with Crippen molar-refractivity contribution in [1.82, 2.24) is 19.1 Å². The summed E-state index contributed by atoms with van der Waals surface area (Å²) in [5.74, 6) is -0.0804. The van der Waals surface area contributed by atoms with E-state index in [0.717, 1.165) is 45.2 Å². The first kappa shape index (κ1) is 19.4. The molecule has 2 aliphatic rings. The van der Waals surface area contributed by atoms with Crippen molar-refractivity contribution >= 4 is 15.9 Å². The Balaban J connectivity index is 1.85. The summed E-state index contributed by atoms with van der Waals surface area (Å²) < 4.78 is 29.0. The fraction of sp³-hybridized carbons (Fsp3) is 0.722. The van der Waals surface area contributed by atoms with Crippen molar-refractivity contribution in [2.24, 2.45) is 7.05 Å². The van der Waals surface area contributed by atoms with Gasteiger partial charge in [-0.05, 0) is 38.3 Å². The molecular formula is C18H30N4O3S. The van der Waals surface area contributed by atoms with Crippen LogP contribution in [0.15, 0.2) is 17.2 Å². The third-order valence-corrected chi connectivity index (χ3v) is 7.22. The lowest BCUT2D eigenvalue weighted by atomic mass is 10.2. The molecule has 0 radical (unpaired) electrons. The molecule has 7 nitrogen and oxygen atoms in total. The molecule has 1 unspecified atom stereocenters. The lowest BCUT2D eigenvalue weighted by molar-refractivity contribution is 0.0682. The number of piperidine rings is 1. The summed E-state index contributed by atoms with van der Waals surface area (Å²) in [5, 5.41) is 3.30. The van der Waals surface area contributed by atoms with Gasteiger partial charge in [-0.1, -0.05) is 13.3 Å². The van der Waals surface area contributed by atoms with E-state index in [-0.39, 0.29) is 16.8 Å². The zero-order chi connectivity index (χ0) is 18.7. The van der Waals surface area contributed by atoms with Gasteiger partial charge in [-0.25, -0.2) is 8.42 Å². The third kappa shape index (κ3) is 3.82. The van der Waals surface area contributed by atoms with Crippen LogP contribution in [0.2, 0.25) is 0 Å². The number of nitrogens with one attached hydrogen (secondary N) is 1. The fourth-order valence-corrected chi connectivity index (χ4v) is 5.47. The minimum atomic E-state index is -3.52. The molecule has 0 spiro atoms. The van der Waals surface area contributed by atoms with Crippen LogP contribution in [0.1, 0.15) is 49.5 Å². The van der Waals surface area contributed by atoms with Crippen molar-refractivity contribution < 1.29 is 13.2 Å². The van der Waals surface area contributed by atoms with Gasteiger partial charge in [0.2, 0.25) is 10.0 Å². The van der Waals surface area contributed by atoms with E-state index in [2.05, 4.69) is 12.2 Å². The molecule has 1 N–H and O–H groups in total. The Morgan fingerprint density at radius 1 is 1.31 bits per heavy atom. The Morgan fingerprint density at radius 2 is 2.04 bits per heavy atom. The van der Waals surface area contributed by atoms with Crippen LogP contribution in [0.25, 0.3) is 0 Å². The highest BCUT2D eigenvalue weighted by molar-refractivity contribution is 7.89. The standard InChI is InChI=1S/C18H30N4O3S/c1-3-9-22(15-7-8-19-13-15)18(23)17-12-16(14-20(17)2)26(24,25)21-10-5-4-6-11-21/h12,14-15,19H,3-11,13H2,1-2H3. The largest absolute Gasteiger partial charge is 0.345 e. The second kappa shape index (κ2) is 8.10. The van der Waals surface area contributed by atoms with E-state index in [9.17, 15) is 13.2 Å². The molecule has 2 saturated heterocycles. The van der Waals surface area contributed by atoms with Crippen molar-refractivity contribution in [2.75, 3.05) is 32.7 Å². The number of nitrogens with zero attached hydrogens (tertiary/aromatic N) is 3. The Labute approximate surface area is 156 Å². The zero-order valence-electron chi connectivity index (χ0n) is 15.8. The van der Waals surface area contributed by atoms with E-state index in [4.69, 9.17) is 0 Å². The minimum Gasteiger partial charge on any atom is -0.345 e. The molecule has 146 valence electrons. The average molecular weight is 383 g/mol. The molecular weight excluding hydrogens is 352 g/mol. The molecule has 0 bridgehead atoms. The Hall–Kier alpha value is -1.38. The molecule has 1 aromatic rings. The molecule has 1 amide bonds. The van der Waals surface area contributed by atoms with E-state index in [0.29, 0.717) is 25.3 Å². The molecule has 0 aromatic carbocycles. The van der Waals surface area contributed by atoms with Crippen molar-refractivity contribution in [2.45, 2.75) is 50.0 Å². The van der Waals surface area contributed by atoms with Crippen molar-refractivity contribution in [3.05, 3.63) is 18.0 Å². The van der Waals surface area contributed by atoms with Crippen LogP contribution in [0, 0.1) is 0 Å². The van der Waals surface area contributed by atoms with Gasteiger partial charge in [0.15, 0.2) is 0 Å². The van der Waals surface area contributed by atoms with Crippen LogP contribution in [0.5, 0.6) is 0 Å². The first-order chi connectivity index (χ1) is 12.4. The van der Waals surface area contributed by atoms with Gasteiger partial charge < -0.3 is 14.8 Å². The average Bonchev–Trinajstić information content (AvgIpc) is 3.30. The highest BCUT2D eigenvalue weighted by atomic mass is 32.2. The van der Waals surface area contributed by atoms with Crippen LogP contribution in [-0.2, 0) is 17.1 Å². The zero-order valence-corrected chi connectivity index (χ0v) is 16.6. The van der Waals surface area contributed by atoms with Crippen molar-refractivity contribution in [3.8, 4) is 0 Å². The maximum absolute atomic E-state index is 13.1. The second-order valence-electron chi connectivity index (χ2n) is 7.28. The lowest BCUT2D eigenvalue weighted by Gasteiger charge is -2.28. The number of carbonyl (C=O) groups excluding carboxylic acids is 1. The lowest BCUT2D eigenvalue weighted by Crippen LogP contribution is -2.42. The number of amides is 1. The molecule has 8 heteroatoms. The fourth-order valence-electron chi connectivity index (χ4n) is 3.89. The number of hydrogen-bond donors (Lipinski definition) is 1. The van der Waals surface area contributed by atoms with Gasteiger partial charge in [-0.2, -0.15) is 4.31 Å². The normalized spacial score (nSPS) is 21.8. The highest BCUT2D eigenvalue weighted by Crippen LogP contribution is 2.23. The van der Waals surface area contributed by atoms with Gasteiger partial charge in [-0.3, -0.25) is 4.79 Å². The molecule has 0 saturated carbocycles. The van der Waals surface area contributed by atoms with E-state index in [1.165, 1.54) is 0 Å². The van der Waals surface area contributed by atoms with Gasteiger partial charge in [0, 0.05) is 45.5 Å². The molecule has 3 heterocycles. The predicted molar refractivity (Wildman–Crippen MR) is 101 cm³/mol. The number of sulfonamides is 1. The van der Waals surface area contributed by atoms with Gasteiger partial charge in [0.25, 0.3) is 5.91 Å². The summed E-state index contributed by atoms with van der Waals surface area (Å²) in [4.78, 5) is 15.3. The summed E-state index contributed by atoms with van der Waals surface area (Å²) in [6, 6.07) is 1.73. The van der Waals surface area contributed by atoms with E-state index in [1.807, 2.05) is 4.90 Å². The number of rotatable bonds is 6. The molecule has 1 atom stereocenters. The summed E-state index contributed by atoms with van der Waals surface area (Å²) in [6.07, 6.45) is 6.27. The summed E-state index contributed by atoms with van der Waals surface area (Å²) >= 11 is 0. The number of aryl methyl sites for hydroxylation is 1. The van der Waals surface area contributed by atoms with Crippen LogP contribution >= 0.6 is 0 Å². The van der Waals surface area contributed by atoms with E-state index in [1.54, 1.807) is 28.2 Å². The van der Waals surface area contributed by atoms with Gasteiger partial charge in [0.1, 0.15) is 10.6 Å². The van der Waals surface area contributed by atoms with Crippen LogP contribution in [0.3, 0.4) is 0 Å². The monoisotopic (exact) mass is 382 g/mol.